The van der Waals surface area contributed by atoms with Gasteiger partial charge in [0.2, 0.25) is 11.5 Å². The van der Waals surface area contributed by atoms with E-state index in [1.54, 1.807) is 19.9 Å². The van der Waals surface area contributed by atoms with Crippen LogP contribution in [-0.4, -0.2) is 35.9 Å². The Bertz CT molecular complexity index is 804. The smallest absolute Gasteiger partial charge is 0.374 e. The highest BCUT2D eigenvalue weighted by Crippen LogP contribution is 2.21. The number of carbonyl (C=O) groups is 3. The molecule has 8 heteroatoms. The van der Waals surface area contributed by atoms with E-state index in [0.717, 1.165) is 0 Å². The maximum absolute atomic E-state index is 12.5. The molecule has 0 radical (unpaired) electrons. The van der Waals surface area contributed by atoms with Crippen molar-refractivity contribution in [1.82, 2.24) is 4.98 Å². The van der Waals surface area contributed by atoms with Crippen molar-refractivity contribution < 1.29 is 28.3 Å². The molecule has 2 aromatic heterocycles. The van der Waals surface area contributed by atoms with Crippen molar-refractivity contribution in [3.05, 3.63) is 45.1 Å². The fourth-order valence-electron chi connectivity index (χ4n) is 2.30. The number of halogens is 1. The third kappa shape index (κ3) is 3.43. The monoisotopic (exact) mass is 397 g/mol. The topological polar surface area (TPSA) is 98.6 Å². The Balaban J connectivity index is 2.19. The lowest BCUT2D eigenvalue weighted by Crippen LogP contribution is -2.25. The Morgan fingerprint density at radius 1 is 1.21 bits per heavy atom. The molecule has 0 fully saturated rings. The third-order valence-electron chi connectivity index (χ3n) is 3.50. The highest BCUT2D eigenvalue weighted by Gasteiger charge is 2.28. The molecule has 1 atom stereocenters. The van der Waals surface area contributed by atoms with Gasteiger partial charge in [0.1, 0.15) is 0 Å². The summed E-state index contributed by atoms with van der Waals surface area (Å²) in [5, 5.41) is 0. The summed E-state index contributed by atoms with van der Waals surface area (Å²) in [7, 11) is 1.27. The van der Waals surface area contributed by atoms with Crippen molar-refractivity contribution >= 4 is 33.7 Å². The second-order valence-corrected chi connectivity index (χ2v) is 5.91. The van der Waals surface area contributed by atoms with E-state index < -0.39 is 23.8 Å². The maximum Gasteiger partial charge on any atom is 0.374 e. The zero-order valence-corrected chi connectivity index (χ0v) is 15.1. The summed E-state index contributed by atoms with van der Waals surface area (Å²) in [6, 6.07) is 2.98. The lowest BCUT2D eigenvalue weighted by molar-refractivity contribution is 0.0286. The average molecular weight is 398 g/mol. The summed E-state index contributed by atoms with van der Waals surface area (Å²) in [5.41, 5.74) is 1.47. The number of carbonyl (C=O) groups excluding carboxylic acids is 3. The number of methoxy groups -OCH3 is 1. The Morgan fingerprint density at radius 3 is 2.42 bits per heavy atom. The molecule has 0 aromatic carbocycles. The van der Waals surface area contributed by atoms with Gasteiger partial charge < -0.3 is 18.9 Å². The third-order valence-corrected chi connectivity index (χ3v) is 3.93. The maximum atomic E-state index is 12.5. The van der Waals surface area contributed by atoms with Crippen molar-refractivity contribution in [3.8, 4) is 0 Å². The Hall–Kier alpha value is -2.35. The van der Waals surface area contributed by atoms with Gasteiger partial charge >= 0.3 is 11.9 Å². The van der Waals surface area contributed by atoms with Gasteiger partial charge in [-0.3, -0.25) is 4.79 Å². The first-order valence-electron chi connectivity index (χ1n) is 7.04. The molecule has 7 nitrogen and oxygen atoms in total. The van der Waals surface area contributed by atoms with Crippen molar-refractivity contribution in [2.75, 3.05) is 7.11 Å². The number of nitrogens with one attached hydrogen (secondary N) is 1. The minimum Gasteiger partial charge on any atom is -0.465 e. The Kier molecular flexibility index (Phi) is 5.28. The molecule has 0 unspecified atom stereocenters. The summed E-state index contributed by atoms with van der Waals surface area (Å²) in [6.45, 7) is 4.74. The van der Waals surface area contributed by atoms with E-state index >= 15 is 0 Å². The van der Waals surface area contributed by atoms with Crippen LogP contribution in [-0.2, 0) is 9.47 Å². The van der Waals surface area contributed by atoms with Gasteiger partial charge in [0.15, 0.2) is 10.8 Å². The number of hydrogen-bond donors (Lipinski definition) is 1. The summed E-state index contributed by atoms with van der Waals surface area (Å²) >= 11 is 3.08. The number of Topliss-reactive ketones (excluding diaryl/α,β-unsaturated/α-hetero) is 1. The van der Waals surface area contributed by atoms with Gasteiger partial charge in [0, 0.05) is 5.69 Å². The predicted octanol–water partition coefficient (Wildman–Crippen LogP) is 3.20. The quantitative estimate of drug-likeness (QED) is 0.614. The minimum atomic E-state index is -1.05. The molecule has 0 aliphatic rings. The first-order chi connectivity index (χ1) is 11.3. The van der Waals surface area contributed by atoms with E-state index in [1.807, 2.05) is 0 Å². The van der Waals surface area contributed by atoms with Crippen LogP contribution in [0.25, 0.3) is 0 Å². The molecule has 2 aromatic rings. The fraction of sp³-hybridized carbons (Fsp3) is 0.312. The lowest BCUT2D eigenvalue weighted by atomic mass is 10.1. The van der Waals surface area contributed by atoms with Gasteiger partial charge in [-0.25, -0.2) is 9.59 Å². The summed E-state index contributed by atoms with van der Waals surface area (Å²) in [5.74, 6) is -1.76. The number of aromatic nitrogens is 1. The van der Waals surface area contributed by atoms with Gasteiger partial charge in [-0.15, -0.1) is 0 Å². The predicted molar refractivity (Wildman–Crippen MR) is 87.2 cm³/mol. The fourth-order valence-corrected chi connectivity index (χ4v) is 2.61. The van der Waals surface area contributed by atoms with Crippen LogP contribution < -0.4 is 0 Å². The molecule has 0 amide bonds. The van der Waals surface area contributed by atoms with Crippen molar-refractivity contribution in [2.45, 2.75) is 26.9 Å². The van der Waals surface area contributed by atoms with Crippen LogP contribution in [0.3, 0.4) is 0 Å². The number of aryl methyl sites for hydroxylation is 1. The molecule has 128 valence electrons. The number of aromatic amines is 1. The summed E-state index contributed by atoms with van der Waals surface area (Å²) < 4.78 is 15.3. The molecule has 0 saturated carbocycles. The minimum absolute atomic E-state index is 0.0174. The van der Waals surface area contributed by atoms with Crippen LogP contribution in [0.5, 0.6) is 0 Å². The normalized spacial score (nSPS) is 11.9. The molecule has 1 N–H and O–H groups in total. The molecular weight excluding hydrogens is 382 g/mol. The number of furan rings is 1. The second-order valence-electron chi connectivity index (χ2n) is 5.13. The first kappa shape index (κ1) is 18.0. The Labute approximate surface area is 146 Å². The van der Waals surface area contributed by atoms with Gasteiger partial charge in [-0.1, -0.05) is 0 Å². The molecule has 2 rings (SSSR count). The zero-order chi connectivity index (χ0) is 18.0. The number of rotatable bonds is 5. The molecule has 0 aliphatic heterocycles. The molecule has 2 heterocycles. The average Bonchev–Trinajstić information content (AvgIpc) is 3.09. The SMILES string of the molecule is COC(=O)c1c(C)[nH]c(C(=O)[C@H](C)OC(=O)c2ccc(Br)o2)c1C. The van der Waals surface area contributed by atoms with Gasteiger partial charge in [0.25, 0.3) is 0 Å². The van der Waals surface area contributed by atoms with E-state index in [-0.39, 0.29) is 11.5 Å². The Morgan fingerprint density at radius 2 is 1.88 bits per heavy atom. The van der Waals surface area contributed by atoms with Crippen LogP contribution in [0.15, 0.2) is 21.2 Å². The van der Waals surface area contributed by atoms with E-state index in [2.05, 4.69) is 20.9 Å². The number of H-pyrrole nitrogens is 1. The van der Waals surface area contributed by atoms with Crippen LogP contribution in [0.1, 0.15) is 49.6 Å². The standard InChI is InChI=1S/C16H16BrNO6/c1-7-12(16(21)22-4)8(2)18-13(7)14(19)9(3)23-15(20)10-5-6-11(17)24-10/h5-6,9,18H,1-4H3/t9-/m0/s1. The molecule has 0 spiro atoms. The largest absolute Gasteiger partial charge is 0.465 e. The van der Waals surface area contributed by atoms with Crippen molar-refractivity contribution in [3.63, 3.8) is 0 Å². The van der Waals surface area contributed by atoms with Gasteiger partial charge in [-0.05, 0) is 54.4 Å². The first-order valence-corrected chi connectivity index (χ1v) is 7.83. The molecular formula is C16H16BrNO6. The number of ether oxygens (including phenoxy) is 2. The van der Waals surface area contributed by atoms with Crippen LogP contribution in [0.4, 0.5) is 0 Å². The molecule has 0 saturated heterocycles. The second kappa shape index (κ2) is 7.04. The summed E-state index contributed by atoms with van der Waals surface area (Å²) in [6.07, 6.45) is -1.05. The van der Waals surface area contributed by atoms with Crippen molar-refractivity contribution in [1.29, 1.82) is 0 Å². The number of esters is 2. The molecule has 0 bridgehead atoms. The highest BCUT2D eigenvalue weighted by molar-refractivity contribution is 9.10. The van der Waals surface area contributed by atoms with Gasteiger partial charge in [0.05, 0.1) is 18.4 Å². The van der Waals surface area contributed by atoms with Crippen LogP contribution in [0.2, 0.25) is 0 Å². The van der Waals surface area contributed by atoms with E-state index in [9.17, 15) is 14.4 Å². The van der Waals surface area contributed by atoms with Gasteiger partial charge in [-0.2, -0.15) is 0 Å². The number of hydrogen-bond acceptors (Lipinski definition) is 6. The molecule has 24 heavy (non-hydrogen) atoms. The molecule has 0 aliphatic carbocycles. The highest BCUT2D eigenvalue weighted by atomic mass is 79.9. The zero-order valence-electron chi connectivity index (χ0n) is 13.6. The lowest BCUT2D eigenvalue weighted by Gasteiger charge is -2.11. The van der Waals surface area contributed by atoms with Crippen molar-refractivity contribution in [2.24, 2.45) is 0 Å². The van der Waals surface area contributed by atoms with E-state index in [1.165, 1.54) is 20.1 Å². The summed E-state index contributed by atoms with van der Waals surface area (Å²) in [4.78, 5) is 39.1. The van der Waals surface area contributed by atoms with Crippen LogP contribution >= 0.6 is 15.9 Å². The van der Waals surface area contributed by atoms with Crippen LogP contribution in [0, 0.1) is 13.8 Å². The van der Waals surface area contributed by atoms with E-state index in [4.69, 9.17) is 13.9 Å². The van der Waals surface area contributed by atoms with E-state index in [0.29, 0.717) is 21.5 Å². The number of ketones is 1.